The molecular formula is C20H20N2O3S2. The molecule has 1 heterocycles. The van der Waals surface area contributed by atoms with Gasteiger partial charge in [0.25, 0.3) is 15.9 Å². The quantitative estimate of drug-likeness (QED) is 0.688. The highest BCUT2D eigenvalue weighted by Gasteiger charge is 2.26. The molecule has 0 bridgehead atoms. The Bertz CT molecular complexity index is 1070. The molecule has 5 nitrogen and oxygen atoms in total. The highest BCUT2D eigenvalue weighted by Crippen LogP contribution is 2.30. The minimum Gasteiger partial charge on any atom is -0.321 e. The molecule has 3 rings (SSSR count). The Balaban J connectivity index is 1.89. The van der Waals surface area contributed by atoms with Crippen LogP contribution in [0.2, 0.25) is 0 Å². The molecule has 0 saturated heterocycles. The Morgan fingerprint density at radius 2 is 1.70 bits per heavy atom. The van der Waals surface area contributed by atoms with E-state index in [0.29, 0.717) is 16.3 Å². The number of nitrogens with zero attached hydrogens (tertiary/aromatic N) is 1. The lowest BCUT2D eigenvalue weighted by Gasteiger charge is -2.20. The van der Waals surface area contributed by atoms with Crippen LogP contribution >= 0.6 is 11.3 Å². The van der Waals surface area contributed by atoms with E-state index in [1.54, 1.807) is 41.8 Å². The van der Waals surface area contributed by atoms with Crippen LogP contribution in [0, 0.1) is 13.8 Å². The van der Waals surface area contributed by atoms with Crippen LogP contribution in [0.5, 0.6) is 0 Å². The van der Waals surface area contributed by atoms with E-state index in [2.05, 4.69) is 5.32 Å². The molecule has 1 aromatic heterocycles. The van der Waals surface area contributed by atoms with E-state index in [4.69, 9.17) is 0 Å². The normalized spacial score (nSPS) is 11.2. The van der Waals surface area contributed by atoms with Crippen molar-refractivity contribution in [2.24, 2.45) is 0 Å². The van der Waals surface area contributed by atoms with Gasteiger partial charge in [-0.25, -0.2) is 8.42 Å². The zero-order chi connectivity index (χ0) is 19.6. The summed E-state index contributed by atoms with van der Waals surface area (Å²) in [6.07, 6.45) is 0. The number of hydrogen-bond donors (Lipinski definition) is 1. The van der Waals surface area contributed by atoms with E-state index in [0.717, 1.165) is 15.4 Å². The third-order valence-corrected chi connectivity index (χ3v) is 6.83. The van der Waals surface area contributed by atoms with Gasteiger partial charge in [0.1, 0.15) is 4.88 Å². The zero-order valence-electron chi connectivity index (χ0n) is 15.3. The molecule has 2 aromatic carbocycles. The number of carbonyl (C=O) groups excluding carboxylic acids is 1. The van der Waals surface area contributed by atoms with Gasteiger partial charge in [0, 0.05) is 12.7 Å². The van der Waals surface area contributed by atoms with Gasteiger partial charge in [-0.1, -0.05) is 29.8 Å². The molecule has 7 heteroatoms. The molecule has 0 radical (unpaired) electrons. The number of aryl methyl sites for hydroxylation is 2. The Morgan fingerprint density at radius 1 is 1.00 bits per heavy atom. The summed E-state index contributed by atoms with van der Waals surface area (Å²) in [4.78, 5) is 13.2. The Morgan fingerprint density at radius 3 is 2.37 bits per heavy atom. The smallest absolute Gasteiger partial charge is 0.267 e. The topological polar surface area (TPSA) is 66.5 Å². The lowest BCUT2D eigenvalue weighted by molar-refractivity contribution is 0.103. The monoisotopic (exact) mass is 400 g/mol. The predicted molar refractivity (Wildman–Crippen MR) is 110 cm³/mol. The van der Waals surface area contributed by atoms with Crippen molar-refractivity contribution < 1.29 is 13.2 Å². The van der Waals surface area contributed by atoms with Gasteiger partial charge in [0.05, 0.1) is 10.6 Å². The second kappa shape index (κ2) is 7.54. The number of thiophene rings is 1. The van der Waals surface area contributed by atoms with E-state index in [1.807, 2.05) is 32.0 Å². The first kappa shape index (κ1) is 19.1. The molecule has 0 saturated carbocycles. The standard InChI is InChI=1S/C20H20N2O3S2/c1-14-7-9-17(10-8-14)27(24,25)22(3)18-11-12-26-19(18)20(23)21-16-6-4-5-15(2)13-16/h4-13H,1-3H3,(H,21,23). The van der Waals surface area contributed by atoms with Crippen LogP contribution in [0.4, 0.5) is 11.4 Å². The first-order valence-electron chi connectivity index (χ1n) is 8.30. The van der Waals surface area contributed by atoms with Crippen molar-refractivity contribution in [1.29, 1.82) is 0 Å². The first-order chi connectivity index (χ1) is 12.8. The van der Waals surface area contributed by atoms with Gasteiger partial charge < -0.3 is 5.32 Å². The molecular weight excluding hydrogens is 380 g/mol. The third kappa shape index (κ3) is 4.04. The molecule has 1 amide bonds. The highest BCUT2D eigenvalue weighted by molar-refractivity contribution is 7.92. The second-order valence-electron chi connectivity index (χ2n) is 6.24. The minimum atomic E-state index is -3.75. The summed E-state index contributed by atoms with van der Waals surface area (Å²) in [5.74, 6) is -0.337. The van der Waals surface area contributed by atoms with Crippen molar-refractivity contribution in [3.8, 4) is 0 Å². The first-order valence-corrected chi connectivity index (χ1v) is 10.6. The lowest BCUT2D eigenvalue weighted by atomic mass is 10.2. The fourth-order valence-corrected chi connectivity index (χ4v) is 4.71. The van der Waals surface area contributed by atoms with Crippen molar-refractivity contribution in [3.63, 3.8) is 0 Å². The summed E-state index contributed by atoms with van der Waals surface area (Å²) >= 11 is 1.21. The largest absolute Gasteiger partial charge is 0.321 e. The number of hydrogen-bond acceptors (Lipinski definition) is 4. The van der Waals surface area contributed by atoms with Gasteiger partial charge in [-0.15, -0.1) is 11.3 Å². The van der Waals surface area contributed by atoms with Crippen LogP contribution in [0.3, 0.4) is 0 Å². The number of carbonyl (C=O) groups is 1. The van der Waals surface area contributed by atoms with Crippen molar-refractivity contribution in [2.75, 3.05) is 16.7 Å². The van der Waals surface area contributed by atoms with Crippen LogP contribution in [-0.4, -0.2) is 21.4 Å². The van der Waals surface area contributed by atoms with E-state index >= 15 is 0 Å². The number of sulfonamides is 1. The minimum absolute atomic E-state index is 0.187. The van der Waals surface area contributed by atoms with Crippen LogP contribution in [0.1, 0.15) is 20.8 Å². The average Bonchev–Trinajstić information content (AvgIpc) is 3.11. The fourth-order valence-electron chi connectivity index (χ4n) is 2.63. The zero-order valence-corrected chi connectivity index (χ0v) is 16.9. The lowest BCUT2D eigenvalue weighted by Crippen LogP contribution is -2.28. The van der Waals surface area contributed by atoms with E-state index in [-0.39, 0.29) is 10.8 Å². The number of rotatable bonds is 5. The van der Waals surface area contributed by atoms with Gasteiger partial charge in [0.15, 0.2) is 0 Å². The van der Waals surface area contributed by atoms with Gasteiger partial charge in [-0.05, 0) is 55.1 Å². The summed E-state index contributed by atoms with van der Waals surface area (Å²) in [6, 6.07) is 15.7. The number of amides is 1. The molecule has 0 aliphatic heterocycles. The molecule has 0 aliphatic carbocycles. The van der Waals surface area contributed by atoms with Gasteiger partial charge in [-0.2, -0.15) is 0 Å². The van der Waals surface area contributed by atoms with Crippen LogP contribution < -0.4 is 9.62 Å². The maximum Gasteiger partial charge on any atom is 0.267 e. The van der Waals surface area contributed by atoms with Crippen molar-refractivity contribution in [2.45, 2.75) is 18.7 Å². The van der Waals surface area contributed by atoms with E-state index in [9.17, 15) is 13.2 Å². The predicted octanol–water partition coefficient (Wildman–Crippen LogP) is 4.44. The molecule has 3 aromatic rings. The number of benzene rings is 2. The summed E-state index contributed by atoms with van der Waals surface area (Å²) < 4.78 is 27.0. The van der Waals surface area contributed by atoms with Crippen molar-refractivity contribution in [3.05, 3.63) is 76.0 Å². The molecule has 0 spiro atoms. The Hall–Kier alpha value is -2.64. The summed E-state index contributed by atoms with van der Waals surface area (Å²) in [6.45, 7) is 3.83. The van der Waals surface area contributed by atoms with Crippen LogP contribution in [-0.2, 0) is 10.0 Å². The highest BCUT2D eigenvalue weighted by atomic mass is 32.2. The molecule has 140 valence electrons. The Kier molecular flexibility index (Phi) is 5.34. The van der Waals surface area contributed by atoms with Gasteiger partial charge in [0.2, 0.25) is 0 Å². The fraction of sp³-hybridized carbons (Fsp3) is 0.150. The van der Waals surface area contributed by atoms with E-state index < -0.39 is 10.0 Å². The van der Waals surface area contributed by atoms with Gasteiger partial charge in [-0.3, -0.25) is 9.10 Å². The maximum absolute atomic E-state index is 12.9. The van der Waals surface area contributed by atoms with Crippen LogP contribution in [0.25, 0.3) is 0 Å². The number of nitrogens with one attached hydrogen (secondary N) is 1. The molecule has 0 aliphatic rings. The molecule has 27 heavy (non-hydrogen) atoms. The SMILES string of the molecule is Cc1ccc(S(=O)(=O)N(C)c2ccsc2C(=O)Nc2cccc(C)c2)cc1. The third-order valence-electron chi connectivity index (χ3n) is 4.15. The van der Waals surface area contributed by atoms with Crippen LogP contribution in [0.15, 0.2) is 64.9 Å². The molecule has 0 fully saturated rings. The maximum atomic E-state index is 12.9. The molecule has 1 N–H and O–H groups in total. The van der Waals surface area contributed by atoms with Crippen molar-refractivity contribution >= 4 is 38.6 Å². The molecule has 0 unspecified atom stereocenters. The average molecular weight is 401 g/mol. The van der Waals surface area contributed by atoms with E-state index in [1.165, 1.54) is 18.4 Å². The summed E-state index contributed by atoms with van der Waals surface area (Å²) in [5, 5.41) is 4.54. The number of anilines is 2. The second-order valence-corrected chi connectivity index (χ2v) is 9.13. The summed E-state index contributed by atoms with van der Waals surface area (Å²) in [7, 11) is -2.30. The van der Waals surface area contributed by atoms with Gasteiger partial charge >= 0.3 is 0 Å². The summed E-state index contributed by atoms with van der Waals surface area (Å²) in [5.41, 5.74) is 3.03. The Labute approximate surface area is 163 Å². The molecule has 0 atom stereocenters. The van der Waals surface area contributed by atoms with Crippen molar-refractivity contribution in [1.82, 2.24) is 0 Å².